The Morgan fingerprint density at radius 2 is 1.47 bits per heavy atom. The highest BCUT2D eigenvalue weighted by molar-refractivity contribution is 5.93. The van der Waals surface area contributed by atoms with Crippen LogP contribution in [0.5, 0.6) is 0 Å². The van der Waals surface area contributed by atoms with Crippen LogP contribution in [0.4, 0.5) is 0 Å². The van der Waals surface area contributed by atoms with Crippen molar-refractivity contribution in [2.24, 2.45) is 0 Å². The molecular formula is C25H50N4O7. The number of carbonyl (C=O) groups is 3. The number of carboxylic acids is 1. The van der Waals surface area contributed by atoms with E-state index in [1.165, 1.54) is 0 Å². The van der Waals surface area contributed by atoms with Gasteiger partial charge in [0.25, 0.3) is 0 Å². The maximum atomic E-state index is 13.3. The molecule has 0 saturated carbocycles. The molecule has 0 rings (SSSR count). The first-order chi connectivity index (χ1) is 17.3. The number of rotatable bonds is 26. The Kier molecular flexibility index (Phi) is 21.5. The summed E-state index contributed by atoms with van der Waals surface area (Å²) in [5.41, 5.74) is -0.728. The molecule has 2 atom stereocenters. The Hall–Kier alpha value is -1.63. The van der Waals surface area contributed by atoms with Crippen molar-refractivity contribution >= 4 is 17.7 Å². The minimum Gasteiger partial charge on any atom is -0.481 e. The molecule has 0 aromatic rings. The largest absolute Gasteiger partial charge is 0.481 e. The SMILES string of the molecule is CCCOCCOCCOCCNC(C)(CC)C(=O)C(CCC(=O)NCCNCCC(=O)O)NCC. The Bertz CT molecular complexity index is 595. The van der Waals surface area contributed by atoms with Crippen molar-refractivity contribution < 1.29 is 33.7 Å². The Labute approximate surface area is 216 Å². The van der Waals surface area contributed by atoms with Crippen molar-refractivity contribution in [2.45, 2.75) is 71.4 Å². The van der Waals surface area contributed by atoms with Crippen molar-refractivity contribution in [1.82, 2.24) is 21.3 Å². The number of ether oxygens (including phenoxy) is 3. The van der Waals surface area contributed by atoms with Crippen LogP contribution >= 0.6 is 0 Å². The average Bonchev–Trinajstić information content (AvgIpc) is 2.86. The molecule has 11 nitrogen and oxygen atoms in total. The molecule has 0 aliphatic rings. The van der Waals surface area contributed by atoms with E-state index in [4.69, 9.17) is 19.3 Å². The summed E-state index contributed by atoms with van der Waals surface area (Å²) in [6, 6.07) is -0.434. The van der Waals surface area contributed by atoms with Crippen LogP contribution in [-0.4, -0.2) is 107 Å². The number of amides is 1. The van der Waals surface area contributed by atoms with E-state index < -0.39 is 17.6 Å². The molecule has 0 aliphatic heterocycles. The number of ketones is 1. The smallest absolute Gasteiger partial charge is 0.304 e. The van der Waals surface area contributed by atoms with E-state index in [1.54, 1.807) is 0 Å². The molecule has 0 bridgehead atoms. The zero-order valence-corrected chi connectivity index (χ0v) is 22.8. The quantitative estimate of drug-likeness (QED) is 0.104. The molecule has 0 aromatic carbocycles. The lowest BCUT2D eigenvalue weighted by molar-refractivity contribution is -0.137. The van der Waals surface area contributed by atoms with Crippen LogP contribution in [-0.2, 0) is 28.6 Å². The molecule has 36 heavy (non-hydrogen) atoms. The molecule has 5 N–H and O–H groups in total. The van der Waals surface area contributed by atoms with Gasteiger partial charge in [0.1, 0.15) is 0 Å². The van der Waals surface area contributed by atoms with Crippen LogP contribution in [0, 0.1) is 0 Å². The number of likely N-dealkylation sites (N-methyl/N-ethyl adjacent to an activating group) is 1. The monoisotopic (exact) mass is 518 g/mol. The van der Waals surface area contributed by atoms with Gasteiger partial charge in [-0.1, -0.05) is 20.8 Å². The second kappa shape index (κ2) is 22.6. The second-order valence-corrected chi connectivity index (χ2v) is 8.71. The fourth-order valence-corrected chi connectivity index (χ4v) is 3.40. The van der Waals surface area contributed by atoms with Gasteiger partial charge in [-0.3, -0.25) is 14.4 Å². The van der Waals surface area contributed by atoms with Crippen LogP contribution in [0.25, 0.3) is 0 Å². The van der Waals surface area contributed by atoms with Gasteiger partial charge in [-0.15, -0.1) is 0 Å². The Morgan fingerprint density at radius 1 is 0.833 bits per heavy atom. The van der Waals surface area contributed by atoms with E-state index in [0.717, 1.165) is 13.0 Å². The van der Waals surface area contributed by atoms with E-state index in [9.17, 15) is 14.4 Å². The number of Topliss-reactive ketones (excluding diaryl/α,β-unsaturated/α-hetero) is 1. The standard InChI is InChI=1S/C25H50N4O7/c1-5-15-34-17-19-36-20-18-35-16-14-29-25(4,6-2)24(33)21(27-7-3)8-9-22(30)28-13-12-26-11-10-23(31)32/h21,26-27,29H,5-20H2,1-4H3,(H,28,30)(H,31,32). The highest BCUT2D eigenvalue weighted by atomic mass is 16.5. The molecule has 0 aromatic heterocycles. The number of aliphatic carboxylic acids is 1. The molecule has 11 heteroatoms. The fourth-order valence-electron chi connectivity index (χ4n) is 3.40. The van der Waals surface area contributed by atoms with Crippen LogP contribution in [0.2, 0.25) is 0 Å². The Balaban J connectivity index is 4.27. The Morgan fingerprint density at radius 3 is 2.06 bits per heavy atom. The van der Waals surface area contributed by atoms with Crippen LogP contribution in [0.3, 0.4) is 0 Å². The summed E-state index contributed by atoms with van der Waals surface area (Å²) >= 11 is 0. The van der Waals surface area contributed by atoms with E-state index in [1.807, 2.05) is 20.8 Å². The van der Waals surface area contributed by atoms with Crippen molar-refractivity contribution in [3.8, 4) is 0 Å². The van der Waals surface area contributed by atoms with Gasteiger partial charge >= 0.3 is 5.97 Å². The van der Waals surface area contributed by atoms with Crippen molar-refractivity contribution in [3.63, 3.8) is 0 Å². The molecule has 212 valence electrons. The molecule has 0 radical (unpaired) electrons. The number of carboxylic acid groups (broad SMARTS) is 1. The van der Waals surface area contributed by atoms with Crippen LogP contribution in [0.1, 0.15) is 59.8 Å². The van der Waals surface area contributed by atoms with Gasteiger partial charge in [0.15, 0.2) is 5.78 Å². The van der Waals surface area contributed by atoms with Gasteiger partial charge in [0.2, 0.25) is 5.91 Å². The molecule has 0 aliphatic carbocycles. The third-order valence-electron chi connectivity index (χ3n) is 5.67. The van der Waals surface area contributed by atoms with Gasteiger partial charge in [0, 0.05) is 39.2 Å². The molecule has 0 heterocycles. The van der Waals surface area contributed by atoms with E-state index in [2.05, 4.69) is 28.2 Å². The third kappa shape index (κ3) is 17.7. The van der Waals surface area contributed by atoms with Crippen LogP contribution in [0.15, 0.2) is 0 Å². The lowest BCUT2D eigenvalue weighted by Gasteiger charge is -2.32. The van der Waals surface area contributed by atoms with Crippen molar-refractivity contribution in [2.75, 3.05) is 72.4 Å². The van der Waals surface area contributed by atoms with Gasteiger partial charge in [-0.25, -0.2) is 0 Å². The number of hydrogen-bond donors (Lipinski definition) is 5. The molecular weight excluding hydrogens is 468 g/mol. The predicted octanol–water partition coefficient (Wildman–Crippen LogP) is 0.712. The minimum absolute atomic E-state index is 0.0328. The highest BCUT2D eigenvalue weighted by Crippen LogP contribution is 2.16. The normalized spacial score (nSPS) is 13.8. The zero-order valence-electron chi connectivity index (χ0n) is 22.8. The first kappa shape index (κ1) is 34.4. The van der Waals surface area contributed by atoms with Gasteiger partial charge in [-0.2, -0.15) is 0 Å². The molecule has 0 fully saturated rings. The zero-order chi connectivity index (χ0) is 27.1. The van der Waals surface area contributed by atoms with Crippen molar-refractivity contribution in [1.29, 1.82) is 0 Å². The van der Waals surface area contributed by atoms with E-state index in [-0.39, 0.29) is 24.5 Å². The molecule has 0 saturated heterocycles. The summed E-state index contributed by atoms with van der Waals surface area (Å²) < 4.78 is 16.4. The van der Waals surface area contributed by atoms with E-state index in [0.29, 0.717) is 78.6 Å². The number of carbonyl (C=O) groups excluding carboxylic acids is 2. The van der Waals surface area contributed by atoms with Crippen LogP contribution < -0.4 is 21.3 Å². The van der Waals surface area contributed by atoms with Gasteiger partial charge in [-0.05, 0) is 32.7 Å². The maximum Gasteiger partial charge on any atom is 0.304 e. The van der Waals surface area contributed by atoms with Gasteiger partial charge < -0.3 is 40.6 Å². The summed E-state index contributed by atoms with van der Waals surface area (Å²) in [5, 5.41) is 20.9. The lowest BCUT2D eigenvalue weighted by atomic mass is 9.86. The number of hydrogen-bond acceptors (Lipinski definition) is 9. The fraction of sp³-hybridized carbons (Fsp3) is 0.880. The molecule has 0 spiro atoms. The van der Waals surface area contributed by atoms with Gasteiger partial charge in [0.05, 0.1) is 51.0 Å². The summed E-state index contributed by atoms with van der Waals surface area (Å²) in [7, 11) is 0. The summed E-state index contributed by atoms with van der Waals surface area (Å²) in [6.07, 6.45) is 2.28. The first-order valence-corrected chi connectivity index (χ1v) is 13.3. The molecule has 1 amide bonds. The maximum absolute atomic E-state index is 13.3. The average molecular weight is 519 g/mol. The highest BCUT2D eigenvalue weighted by Gasteiger charge is 2.35. The van der Waals surface area contributed by atoms with E-state index >= 15 is 0 Å². The summed E-state index contributed by atoms with van der Waals surface area (Å²) in [5.74, 6) is -0.962. The minimum atomic E-state index is -0.860. The van der Waals surface area contributed by atoms with Crippen molar-refractivity contribution in [3.05, 3.63) is 0 Å². The second-order valence-electron chi connectivity index (χ2n) is 8.71. The topological polar surface area (TPSA) is 147 Å². The molecule has 2 unspecified atom stereocenters. The predicted molar refractivity (Wildman–Crippen MR) is 139 cm³/mol. The third-order valence-corrected chi connectivity index (χ3v) is 5.67. The summed E-state index contributed by atoms with van der Waals surface area (Å²) in [4.78, 5) is 36.0. The first-order valence-electron chi connectivity index (χ1n) is 13.3. The number of nitrogens with one attached hydrogen (secondary N) is 4. The summed E-state index contributed by atoms with van der Waals surface area (Å²) in [6.45, 7) is 13.6. The lowest BCUT2D eigenvalue weighted by Crippen LogP contribution is -2.57.